The van der Waals surface area contributed by atoms with Crippen molar-refractivity contribution in [3.63, 3.8) is 0 Å². The average molecular weight is 199 g/mol. The molecule has 0 spiro atoms. The lowest BCUT2D eigenvalue weighted by Crippen LogP contribution is -1.82. The van der Waals surface area contributed by atoms with Crippen LogP contribution in [0.1, 0.15) is 17.5 Å². The molecule has 0 bridgehead atoms. The maximum atomic E-state index is 13.0. The van der Waals surface area contributed by atoms with Crippen LogP contribution in [0.5, 0.6) is 0 Å². The van der Waals surface area contributed by atoms with E-state index >= 15 is 0 Å². The summed E-state index contributed by atoms with van der Waals surface area (Å²) in [6.07, 6.45) is 4.64. The van der Waals surface area contributed by atoms with Crippen LogP contribution >= 0.6 is 11.6 Å². The van der Waals surface area contributed by atoms with E-state index in [2.05, 4.69) is 0 Å². The minimum Gasteiger partial charge on any atom is -0.207 e. The van der Waals surface area contributed by atoms with E-state index in [9.17, 15) is 4.39 Å². The van der Waals surface area contributed by atoms with E-state index in [0.717, 1.165) is 12.0 Å². The largest absolute Gasteiger partial charge is 0.207 e. The summed E-state index contributed by atoms with van der Waals surface area (Å²) in [6.45, 7) is 1.75. The van der Waals surface area contributed by atoms with Crippen LogP contribution in [0.25, 0.3) is 6.08 Å². The molecule has 0 aromatic heterocycles. The number of hydrogen-bond acceptors (Lipinski definition) is 0. The fourth-order valence-electron chi connectivity index (χ4n) is 0.995. The van der Waals surface area contributed by atoms with E-state index in [4.69, 9.17) is 11.6 Å². The fourth-order valence-corrected chi connectivity index (χ4v) is 1.12. The SMILES string of the molecule is Cc1ccc(/C=C/CCCl)cc1F. The van der Waals surface area contributed by atoms with E-state index < -0.39 is 0 Å². The Kier molecular flexibility index (Phi) is 3.97. The second kappa shape index (κ2) is 5.03. The minimum atomic E-state index is -0.159. The highest BCUT2D eigenvalue weighted by Gasteiger charge is 1.95. The van der Waals surface area contributed by atoms with Gasteiger partial charge in [-0.3, -0.25) is 0 Å². The first-order chi connectivity index (χ1) is 6.24. The van der Waals surface area contributed by atoms with Gasteiger partial charge in [0.2, 0.25) is 0 Å². The maximum Gasteiger partial charge on any atom is 0.126 e. The smallest absolute Gasteiger partial charge is 0.126 e. The predicted octanol–water partition coefficient (Wildman–Crippen LogP) is 3.78. The molecule has 1 aromatic carbocycles. The van der Waals surface area contributed by atoms with Gasteiger partial charge in [0, 0.05) is 5.88 Å². The molecule has 0 amide bonds. The number of benzene rings is 1. The van der Waals surface area contributed by atoms with Gasteiger partial charge in [0.05, 0.1) is 0 Å². The summed E-state index contributed by atoms with van der Waals surface area (Å²) >= 11 is 5.50. The number of allylic oxidation sites excluding steroid dienone is 1. The van der Waals surface area contributed by atoms with Gasteiger partial charge in [-0.1, -0.05) is 24.3 Å². The van der Waals surface area contributed by atoms with E-state index in [-0.39, 0.29) is 5.82 Å². The molecule has 0 radical (unpaired) electrons. The predicted molar refractivity (Wildman–Crippen MR) is 55.5 cm³/mol. The molecular weight excluding hydrogens is 187 g/mol. The van der Waals surface area contributed by atoms with Crippen molar-refractivity contribution in [2.75, 3.05) is 5.88 Å². The molecule has 0 aliphatic heterocycles. The highest BCUT2D eigenvalue weighted by atomic mass is 35.5. The molecule has 0 aliphatic carbocycles. The number of hydrogen-bond donors (Lipinski definition) is 0. The van der Waals surface area contributed by atoms with Crippen molar-refractivity contribution in [1.82, 2.24) is 0 Å². The lowest BCUT2D eigenvalue weighted by atomic mass is 10.1. The second-order valence-electron chi connectivity index (χ2n) is 2.89. The van der Waals surface area contributed by atoms with Crippen molar-refractivity contribution < 1.29 is 4.39 Å². The zero-order valence-corrected chi connectivity index (χ0v) is 8.31. The summed E-state index contributed by atoms with van der Waals surface area (Å²) in [7, 11) is 0. The Labute approximate surface area is 83.0 Å². The molecule has 70 valence electrons. The summed E-state index contributed by atoms with van der Waals surface area (Å²) in [5.41, 5.74) is 1.56. The topological polar surface area (TPSA) is 0 Å². The van der Waals surface area contributed by atoms with Gasteiger partial charge in [-0.05, 0) is 30.5 Å². The molecule has 1 rings (SSSR count). The van der Waals surface area contributed by atoms with Gasteiger partial charge in [-0.2, -0.15) is 0 Å². The quantitative estimate of drug-likeness (QED) is 0.649. The van der Waals surface area contributed by atoms with Crippen LogP contribution in [0.3, 0.4) is 0 Å². The fraction of sp³-hybridized carbons (Fsp3) is 0.273. The molecule has 0 saturated carbocycles. The first-order valence-corrected chi connectivity index (χ1v) is 4.76. The monoisotopic (exact) mass is 198 g/mol. The molecular formula is C11H12ClF. The first kappa shape index (κ1) is 10.3. The lowest BCUT2D eigenvalue weighted by Gasteiger charge is -1.97. The molecule has 2 heteroatoms. The Bertz CT molecular complexity index is 305. The van der Waals surface area contributed by atoms with Gasteiger partial charge >= 0.3 is 0 Å². The van der Waals surface area contributed by atoms with E-state index in [1.807, 2.05) is 18.2 Å². The minimum absolute atomic E-state index is 0.159. The summed E-state index contributed by atoms with van der Waals surface area (Å²) in [5, 5.41) is 0. The molecule has 0 unspecified atom stereocenters. The van der Waals surface area contributed by atoms with Crippen molar-refractivity contribution in [1.29, 1.82) is 0 Å². The number of rotatable bonds is 3. The number of aryl methyl sites for hydroxylation is 1. The van der Waals surface area contributed by atoms with Crippen LogP contribution in [0.2, 0.25) is 0 Å². The highest BCUT2D eigenvalue weighted by Crippen LogP contribution is 2.10. The number of halogens is 2. The molecule has 0 N–H and O–H groups in total. The molecule has 0 nitrogen and oxygen atoms in total. The molecule has 0 heterocycles. The molecule has 1 aromatic rings. The molecule has 13 heavy (non-hydrogen) atoms. The van der Waals surface area contributed by atoms with Crippen LogP contribution < -0.4 is 0 Å². The van der Waals surface area contributed by atoms with E-state index in [1.54, 1.807) is 13.0 Å². The van der Waals surface area contributed by atoms with Crippen molar-refractivity contribution in [3.8, 4) is 0 Å². The standard InChI is InChI=1S/C11H12ClF/c1-9-5-6-10(8-11(9)13)4-2-3-7-12/h2,4-6,8H,3,7H2,1H3/b4-2+. The Hall–Kier alpha value is -0.820. The van der Waals surface area contributed by atoms with E-state index in [0.29, 0.717) is 11.4 Å². The average Bonchev–Trinajstić information content (AvgIpc) is 2.12. The van der Waals surface area contributed by atoms with Crippen molar-refractivity contribution in [2.24, 2.45) is 0 Å². The zero-order chi connectivity index (χ0) is 9.68. The second-order valence-corrected chi connectivity index (χ2v) is 3.27. The van der Waals surface area contributed by atoms with Crippen molar-refractivity contribution in [3.05, 3.63) is 41.2 Å². The normalized spacial score (nSPS) is 11.0. The van der Waals surface area contributed by atoms with Crippen LogP contribution in [0.4, 0.5) is 4.39 Å². The molecule has 0 atom stereocenters. The summed E-state index contributed by atoms with van der Waals surface area (Å²) in [4.78, 5) is 0. The van der Waals surface area contributed by atoms with Gasteiger partial charge in [-0.25, -0.2) is 4.39 Å². The van der Waals surface area contributed by atoms with Crippen LogP contribution in [0.15, 0.2) is 24.3 Å². The Morgan fingerprint density at radius 1 is 1.46 bits per heavy atom. The van der Waals surface area contributed by atoms with Crippen molar-refractivity contribution in [2.45, 2.75) is 13.3 Å². The van der Waals surface area contributed by atoms with Crippen LogP contribution in [-0.4, -0.2) is 5.88 Å². The Morgan fingerprint density at radius 2 is 2.23 bits per heavy atom. The van der Waals surface area contributed by atoms with Gasteiger partial charge < -0.3 is 0 Å². The number of alkyl halides is 1. The van der Waals surface area contributed by atoms with Crippen molar-refractivity contribution >= 4 is 17.7 Å². The first-order valence-electron chi connectivity index (χ1n) is 4.22. The van der Waals surface area contributed by atoms with Crippen LogP contribution in [-0.2, 0) is 0 Å². The lowest BCUT2D eigenvalue weighted by molar-refractivity contribution is 0.618. The molecule has 0 aliphatic rings. The Morgan fingerprint density at radius 3 is 2.85 bits per heavy atom. The van der Waals surface area contributed by atoms with Gasteiger partial charge in [0.25, 0.3) is 0 Å². The Balaban J connectivity index is 2.73. The van der Waals surface area contributed by atoms with E-state index in [1.165, 1.54) is 6.07 Å². The molecule has 0 saturated heterocycles. The molecule has 0 fully saturated rings. The maximum absolute atomic E-state index is 13.0. The third kappa shape index (κ3) is 3.19. The summed E-state index contributed by atoms with van der Waals surface area (Å²) in [5.74, 6) is 0.443. The van der Waals surface area contributed by atoms with Crippen LogP contribution in [0, 0.1) is 12.7 Å². The third-order valence-electron chi connectivity index (χ3n) is 1.78. The van der Waals surface area contributed by atoms with Gasteiger partial charge in [-0.15, -0.1) is 11.6 Å². The highest BCUT2D eigenvalue weighted by molar-refractivity contribution is 6.17. The van der Waals surface area contributed by atoms with Gasteiger partial charge in [0.1, 0.15) is 5.82 Å². The summed E-state index contributed by atoms with van der Waals surface area (Å²) in [6, 6.07) is 5.19. The summed E-state index contributed by atoms with van der Waals surface area (Å²) < 4.78 is 13.0. The zero-order valence-electron chi connectivity index (χ0n) is 7.56. The van der Waals surface area contributed by atoms with Gasteiger partial charge in [0.15, 0.2) is 0 Å². The third-order valence-corrected chi connectivity index (χ3v) is 2.00.